The molecule has 1 aliphatic carbocycles. The van der Waals surface area contributed by atoms with Gasteiger partial charge < -0.3 is 4.90 Å². The maximum Gasteiger partial charge on any atom is 0.254 e. The molecular formula is C16H23N3O3S. The minimum Gasteiger partial charge on any atom is -0.333 e. The summed E-state index contributed by atoms with van der Waals surface area (Å²) in [4.78, 5) is 17.0. The first-order chi connectivity index (χ1) is 11.0. The summed E-state index contributed by atoms with van der Waals surface area (Å²) in [6, 6.07) is 6.78. The van der Waals surface area contributed by atoms with E-state index in [0.717, 1.165) is 25.6 Å². The van der Waals surface area contributed by atoms with Crippen LogP contribution < -0.4 is 4.72 Å². The predicted octanol–water partition coefficient (Wildman–Crippen LogP) is 1.18. The van der Waals surface area contributed by atoms with Gasteiger partial charge >= 0.3 is 0 Å². The summed E-state index contributed by atoms with van der Waals surface area (Å²) >= 11 is 0. The molecule has 1 heterocycles. The first-order valence-electron chi connectivity index (χ1n) is 8.07. The summed E-state index contributed by atoms with van der Waals surface area (Å²) in [5.74, 6) is 0.888. The van der Waals surface area contributed by atoms with Crippen molar-refractivity contribution in [3.05, 3.63) is 29.8 Å². The molecule has 0 unspecified atom stereocenters. The maximum absolute atomic E-state index is 12.7. The van der Waals surface area contributed by atoms with Crippen LogP contribution in [0.1, 0.15) is 30.1 Å². The number of carbonyl (C=O) groups excluding carboxylic acids is 1. The fourth-order valence-electron chi connectivity index (χ4n) is 3.12. The highest BCUT2D eigenvalue weighted by Crippen LogP contribution is 2.30. The minimum absolute atomic E-state index is 0.0154. The zero-order chi connectivity index (χ0) is 16.4. The number of hydrogen-bond donors (Lipinski definition) is 2. The number of piperazine rings is 1. The Kier molecular flexibility index (Phi) is 4.87. The normalized spacial score (nSPS) is 22.3. The van der Waals surface area contributed by atoms with Crippen LogP contribution in [-0.2, 0) is 10.9 Å². The molecule has 1 saturated heterocycles. The monoisotopic (exact) mass is 337 g/mol. The Morgan fingerprint density at radius 2 is 1.91 bits per heavy atom. The van der Waals surface area contributed by atoms with Crippen molar-refractivity contribution in [1.82, 2.24) is 9.80 Å². The first kappa shape index (κ1) is 16.3. The van der Waals surface area contributed by atoms with Gasteiger partial charge in [-0.25, -0.2) is 8.42 Å². The molecule has 3 rings (SSSR count). The molecular weight excluding hydrogens is 314 g/mol. The van der Waals surface area contributed by atoms with Crippen molar-refractivity contribution in [2.75, 3.05) is 30.9 Å². The SMILES string of the molecule is C[C@@H]1CN(CC2CC2)CCN1C(=O)c1ccc(N[SH](=O)=O)cc1. The van der Waals surface area contributed by atoms with E-state index in [0.29, 0.717) is 11.3 Å². The molecule has 1 N–H and O–H groups in total. The van der Waals surface area contributed by atoms with E-state index in [1.165, 1.54) is 19.4 Å². The quantitative estimate of drug-likeness (QED) is 0.792. The smallest absolute Gasteiger partial charge is 0.254 e. The number of carbonyl (C=O) groups is 1. The largest absolute Gasteiger partial charge is 0.333 e. The molecule has 1 saturated carbocycles. The molecule has 126 valence electrons. The molecule has 2 fully saturated rings. The van der Waals surface area contributed by atoms with Crippen LogP contribution in [0, 0.1) is 5.92 Å². The summed E-state index contributed by atoms with van der Waals surface area (Å²) < 4.78 is 23.6. The number of thiol groups is 1. The number of nitrogens with one attached hydrogen (secondary N) is 1. The Hall–Kier alpha value is -1.60. The topological polar surface area (TPSA) is 69.7 Å². The van der Waals surface area contributed by atoms with Gasteiger partial charge in [-0.2, -0.15) is 0 Å². The fourth-order valence-corrected chi connectivity index (χ4v) is 3.48. The van der Waals surface area contributed by atoms with E-state index in [1.807, 2.05) is 4.90 Å². The van der Waals surface area contributed by atoms with E-state index in [1.54, 1.807) is 24.3 Å². The molecule has 0 radical (unpaired) electrons. The van der Waals surface area contributed by atoms with Crippen LogP contribution in [-0.4, -0.2) is 56.3 Å². The van der Waals surface area contributed by atoms with Gasteiger partial charge in [-0.1, -0.05) is 0 Å². The van der Waals surface area contributed by atoms with Crippen molar-refractivity contribution in [2.45, 2.75) is 25.8 Å². The van der Waals surface area contributed by atoms with E-state index < -0.39 is 10.9 Å². The molecule has 6 nitrogen and oxygen atoms in total. The number of anilines is 1. The third-order valence-electron chi connectivity index (χ3n) is 4.54. The number of benzene rings is 1. The second kappa shape index (κ2) is 6.88. The van der Waals surface area contributed by atoms with Gasteiger partial charge in [0.15, 0.2) is 0 Å². The van der Waals surface area contributed by atoms with Gasteiger partial charge in [0.2, 0.25) is 10.9 Å². The number of hydrogen-bond acceptors (Lipinski definition) is 4. The van der Waals surface area contributed by atoms with Gasteiger partial charge in [-0.3, -0.25) is 14.4 Å². The van der Waals surface area contributed by atoms with Gasteiger partial charge in [0.25, 0.3) is 5.91 Å². The Morgan fingerprint density at radius 3 is 2.48 bits per heavy atom. The first-order valence-corrected chi connectivity index (χ1v) is 9.25. The van der Waals surface area contributed by atoms with E-state index in [9.17, 15) is 13.2 Å². The highest BCUT2D eigenvalue weighted by molar-refractivity contribution is 7.73. The predicted molar refractivity (Wildman–Crippen MR) is 90.0 cm³/mol. The summed E-state index contributed by atoms with van der Waals surface area (Å²) in [6.45, 7) is 5.87. The summed E-state index contributed by atoms with van der Waals surface area (Å²) in [5, 5.41) is 0. The highest BCUT2D eigenvalue weighted by Gasteiger charge is 2.31. The van der Waals surface area contributed by atoms with Crippen molar-refractivity contribution in [3.8, 4) is 0 Å². The van der Waals surface area contributed by atoms with Gasteiger partial charge in [-0.15, -0.1) is 0 Å². The lowest BCUT2D eigenvalue weighted by Crippen LogP contribution is -2.54. The Morgan fingerprint density at radius 1 is 1.22 bits per heavy atom. The molecule has 23 heavy (non-hydrogen) atoms. The van der Waals surface area contributed by atoms with Crippen molar-refractivity contribution in [1.29, 1.82) is 0 Å². The van der Waals surface area contributed by atoms with E-state index >= 15 is 0 Å². The second-order valence-electron chi connectivity index (χ2n) is 6.50. The third kappa shape index (κ3) is 4.23. The average Bonchev–Trinajstić information content (AvgIpc) is 3.31. The average molecular weight is 337 g/mol. The number of rotatable bonds is 5. The maximum atomic E-state index is 12.7. The molecule has 1 amide bonds. The Balaban J connectivity index is 1.60. The van der Waals surface area contributed by atoms with Gasteiger partial charge in [0.1, 0.15) is 0 Å². The zero-order valence-electron chi connectivity index (χ0n) is 13.3. The van der Waals surface area contributed by atoms with E-state index in [2.05, 4.69) is 16.5 Å². The van der Waals surface area contributed by atoms with Crippen molar-refractivity contribution < 1.29 is 13.2 Å². The summed E-state index contributed by atoms with van der Waals surface area (Å²) in [7, 11) is -2.68. The van der Waals surface area contributed by atoms with E-state index in [-0.39, 0.29) is 11.9 Å². The van der Waals surface area contributed by atoms with Crippen LogP contribution in [0.5, 0.6) is 0 Å². The molecule has 2 aliphatic rings. The standard InChI is InChI=1S/C16H23N3O3S/c1-12-10-18(11-13-2-3-13)8-9-19(12)16(20)14-4-6-15(7-5-14)17-23(21)22/h4-7,12-13,23H,2-3,8-11H2,1H3,(H,17,21,22)/t12-/m1/s1. The molecule has 1 atom stereocenters. The molecule has 0 bridgehead atoms. The highest BCUT2D eigenvalue weighted by atomic mass is 32.2. The Bertz CT molecular complexity index is 632. The minimum atomic E-state index is -2.68. The van der Waals surface area contributed by atoms with Gasteiger partial charge in [0, 0.05) is 43.5 Å². The third-order valence-corrected chi connectivity index (χ3v) is 4.98. The molecule has 7 heteroatoms. The van der Waals surface area contributed by atoms with E-state index in [4.69, 9.17) is 0 Å². The lowest BCUT2D eigenvalue weighted by atomic mass is 10.1. The zero-order valence-corrected chi connectivity index (χ0v) is 14.2. The van der Waals surface area contributed by atoms with Crippen molar-refractivity contribution in [2.24, 2.45) is 5.92 Å². The van der Waals surface area contributed by atoms with Crippen LogP contribution >= 0.6 is 0 Å². The molecule has 0 spiro atoms. The molecule has 1 aromatic carbocycles. The van der Waals surface area contributed by atoms with Crippen LogP contribution in [0.4, 0.5) is 5.69 Å². The van der Waals surface area contributed by atoms with Crippen LogP contribution in [0.2, 0.25) is 0 Å². The summed E-state index contributed by atoms with van der Waals surface area (Å²) in [5.41, 5.74) is 1.07. The van der Waals surface area contributed by atoms with Crippen LogP contribution in [0.15, 0.2) is 24.3 Å². The molecule has 1 aliphatic heterocycles. The molecule has 0 aromatic heterocycles. The van der Waals surface area contributed by atoms with Crippen molar-refractivity contribution >= 4 is 22.5 Å². The van der Waals surface area contributed by atoms with Gasteiger partial charge in [0.05, 0.1) is 0 Å². The fraction of sp³-hybridized carbons (Fsp3) is 0.562. The van der Waals surface area contributed by atoms with Crippen molar-refractivity contribution in [3.63, 3.8) is 0 Å². The number of amides is 1. The lowest BCUT2D eigenvalue weighted by Gasteiger charge is -2.40. The lowest BCUT2D eigenvalue weighted by molar-refractivity contribution is 0.0482. The summed E-state index contributed by atoms with van der Waals surface area (Å²) in [6.07, 6.45) is 2.70. The second-order valence-corrected chi connectivity index (χ2v) is 7.23. The van der Waals surface area contributed by atoms with Gasteiger partial charge in [-0.05, 0) is 49.9 Å². The molecule has 1 aromatic rings. The van der Waals surface area contributed by atoms with Crippen LogP contribution in [0.3, 0.4) is 0 Å². The number of nitrogens with zero attached hydrogens (tertiary/aromatic N) is 2. The van der Waals surface area contributed by atoms with Crippen LogP contribution in [0.25, 0.3) is 0 Å². The Labute approximate surface area is 138 Å².